The lowest BCUT2D eigenvalue weighted by Gasteiger charge is -2.07. The van der Waals surface area contributed by atoms with Crippen LogP contribution >= 0.6 is 23.2 Å². The minimum absolute atomic E-state index is 0.0599. The summed E-state index contributed by atoms with van der Waals surface area (Å²) < 4.78 is 0. The van der Waals surface area contributed by atoms with Gasteiger partial charge in [-0.2, -0.15) is 0 Å². The van der Waals surface area contributed by atoms with Crippen molar-refractivity contribution in [1.82, 2.24) is 4.98 Å². The maximum Gasteiger partial charge on any atom is 0.301 e. The summed E-state index contributed by atoms with van der Waals surface area (Å²) in [6, 6.07) is 10.6. The summed E-state index contributed by atoms with van der Waals surface area (Å²) in [6.07, 6.45) is 1.46. The molecule has 0 unspecified atom stereocenters. The second-order valence-corrected chi connectivity index (χ2v) is 4.61. The molecule has 0 aliphatic rings. The molecule has 0 amide bonds. The van der Waals surface area contributed by atoms with Gasteiger partial charge in [-0.1, -0.05) is 53.5 Å². The quantitative estimate of drug-likeness (QED) is 0.483. The minimum atomic E-state index is -1.03. The number of hydrogen-bond acceptors (Lipinski definition) is 3. The van der Waals surface area contributed by atoms with Crippen LogP contribution in [0.4, 0.5) is 5.69 Å². The van der Waals surface area contributed by atoms with Crippen molar-refractivity contribution < 1.29 is 4.92 Å². The van der Waals surface area contributed by atoms with Gasteiger partial charge in [-0.15, -0.1) is 0 Å². The van der Waals surface area contributed by atoms with Gasteiger partial charge in [0.15, 0.2) is 10.5 Å². The summed E-state index contributed by atoms with van der Waals surface area (Å²) in [6.45, 7) is 0. The molecule has 0 aliphatic heterocycles. The Morgan fingerprint density at radius 1 is 1.17 bits per heavy atom. The fourth-order valence-electron chi connectivity index (χ4n) is 1.67. The number of hydrogen-bond donors (Lipinski definition) is 0. The van der Waals surface area contributed by atoms with Crippen LogP contribution in [0.1, 0.15) is 10.5 Å². The Balaban J connectivity index is 2.68. The third-order valence-corrected chi connectivity index (χ3v) is 2.84. The fraction of sp³-hybridized carbons (Fsp3) is 0.0833. The molecule has 0 fully saturated rings. The molecule has 0 saturated heterocycles. The molecule has 0 N–H and O–H groups in total. The van der Waals surface area contributed by atoms with Gasteiger partial charge < -0.3 is 0 Å². The smallest absolute Gasteiger partial charge is 0.258 e. The molecule has 0 radical (unpaired) electrons. The van der Waals surface area contributed by atoms with Crippen molar-refractivity contribution >= 4 is 28.9 Å². The zero-order valence-corrected chi connectivity index (χ0v) is 10.6. The number of benzene rings is 1. The Kier molecular flexibility index (Phi) is 3.79. The standard InChI is InChI=1S/C12H8Cl2N2O2/c13-12(14)10-11(16(17)18)9(6-7-15-10)8-4-2-1-3-5-8/h1-7,12H. The van der Waals surface area contributed by atoms with Crippen molar-refractivity contribution in [1.29, 1.82) is 0 Å². The highest BCUT2D eigenvalue weighted by atomic mass is 35.5. The molecule has 1 aromatic heterocycles. The van der Waals surface area contributed by atoms with Crippen LogP contribution in [0.2, 0.25) is 0 Å². The Labute approximate surface area is 113 Å². The molecule has 0 bridgehead atoms. The largest absolute Gasteiger partial charge is 0.301 e. The summed E-state index contributed by atoms with van der Waals surface area (Å²) >= 11 is 11.4. The zero-order valence-electron chi connectivity index (χ0n) is 9.09. The maximum absolute atomic E-state index is 11.2. The predicted molar refractivity (Wildman–Crippen MR) is 70.8 cm³/mol. The molecule has 0 atom stereocenters. The van der Waals surface area contributed by atoms with E-state index >= 15 is 0 Å². The molecule has 1 heterocycles. The third kappa shape index (κ3) is 2.44. The minimum Gasteiger partial charge on any atom is -0.258 e. The van der Waals surface area contributed by atoms with Crippen LogP contribution in [0.15, 0.2) is 42.6 Å². The molecular weight excluding hydrogens is 275 g/mol. The van der Waals surface area contributed by atoms with Gasteiger partial charge in [-0.05, 0) is 11.6 Å². The average molecular weight is 283 g/mol. The zero-order chi connectivity index (χ0) is 13.1. The summed E-state index contributed by atoms with van der Waals surface area (Å²) in [5, 5.41) is 11.2. The second-order valence-electron chi connectivity index (χ2n) is 3.52. The molecular formula is C12H8Cl2N2O2. The van der Waals surface area contributed by atoms with Crippen molar-refractivity contribution in [2.75, 3.05) is 0 Å². The molecule has 2 aromatic rings. The average Bonchev–Trinajstić information content (AvgIpc) is 2.38. The summed E-state index contributed by atoms with van der Waals surface area (Å²) in [4.78, 5) is 13.5. The molecule has 0 spiro atoms. The van der Waals surface area contributed by atoms with E-state index in [1.165, 1.54) is 6.20 Å². The molecule has 6 heteroatoms. The Hall–Kier alpha value is -1.65. The van der Waals surface area contributed by atoms with E-state index in [0.29, 0.717) is 5.56 Å². The van der Waals surface area contributed by atoms with E-state index in [4.69, 9.17) is 23.2 Å². The van der Waals surface area contributed by atoms with Crippen molar-refractivity contribution in [3.63, 3.8) is 0 Å². The van der Waals surface area contributed by atoms with Crippen molar-refractivity contribution in [2.45, 2.75) is 4.84 Å². The highest BCUT2D eigenvalue weighted by molar-refractivity contribution is 6.44. The molecule has 0 aliphatic carbocycles. The van der Waals surface area contributed by atoms with E-state index in [2.05, 4.69) is 4.98 Å². The first kappa shape index (κ1) is 12.8. The van der Waals surface area contributed by atoms with Crippen LogP contribution in [-0.2, 0) is 0 Å². The lowest BCUT2D eigenvalue weighted by molar-refractivity contribution is -0.385. The topological polar surface area (TPSA) is 56.0 Å². The van der Waals surface area contributed by atoms with Crippen molar-refractivity contribution in [3.05, 3.63) is 58.4 Å². The highest BCUT2D eigenvalue weighted by Gasteiger charge is 2.25. The number of alkyl halides is 2. The van der Waals surface area contributed by atoms with Gasteiger partial charge in [0, 0.05) is 6.20 Å². The van der Waals surface area contributed by atoms with E-state index in [-0.39, 0.29) is 11.4 Å². The lowest BCUT2D eigenvalue weighted by atomic mass is 10.0. The predicted octanol–water partition coefficient (Wildman–Crippen LogP) is 4.13. The normalized spacial score (nSPS) is 10.6. The SMILES string of the molecule is O=[N+]([O-])c1c(-c2ccccc2)ccnc1C(Cl)Cl. The first-order valence-corrected chi connectivity index (χ1v) is 5.95. The summed E-state index contributed by atoms with van der Waals surface area (Å²) in [5.41, 5.74) is 1.09. The van der Waals surface area contributed by atoms with Crippen LogP contribution in [-0.4, -0.2) is 9.91 Å². The van der Waals surface area contributed by atoms with Crippen LogP contribution in [0.5, 0.6) is 0 Å². The van der Waals surface area contributed by atoms with Gasteiger partial charge >= 0.3 is 5.69 Å². The maximum atomic E-state index is 11.2. The molecule has 2 rings (SSSR count). The number of halogens is 2. The number of aromatic nitrogens is 1. The Morgan fingerprint density at radius 2 is 1.83 bits per heavy atom. The van der Waals surface area contributed by atoms with Gasteiger partial charge in [0.05, 0.1) is 10.5 Å². The van der Waals surface area contributed by atoms with Crippen LogP contribution in [0.25, 0.3) is 11.1 Å². The first-order chi connectivity index (χ1) is 8.61. The van der Waals surface area contributed by atoms with Gasteiger partial charge in [0.2, 0.25) is 0 Å². The van der Waals surface area contributed by atoms with Crippen LogP contribution in [0.3, 0.4) is 0 Å². The second kappa shape index (κ2) is 5.33. The van der Waals surface area contributed by atoms with Crippen LogP contribution < -0.4 is 0 Å². The number of pyridine rings is 1. The van der Waals surface area contributed by atoms with Gasteiger partial charge in [0.1, 0.15) is 0 Å². The summed E-state index contributed by atoms with van der Waals surface area (Å²) in [5.74, 6) is 0. The van der Waals surface area contributed by atoms with E-state index in [1.54, 1.807) is 30.3 Å². The first-order valence-electron chi connectivity index (χ1n) is 5.08. The Bertz CT molecular complexity index is 574. The lowest BCUT2D eigenvalue weighted by Crippen LogP contribution is -2.00. The van der Waals surface area contributed by atoms with Gasteiger partial charge in [-0.3, -0.25) is 15.1 Å². The van der Waals surface area contributed by atoms with Crippen molar-refractivity contribution in [3.8, 4) is 11.1 Å². The van der Waals surface area contributed by atoms with Gasteiger partial charge in [0.25, 0.3) is 0 Å². The van der Waals surface area contributed by atoms with E-state index in [1.807, 2.05) is 6.07 Å². The fourth-order valence-corrected chi connectivity index (χ4v) is 1.99. The number of nitrogens with zero attached hydrogens (tertiary/aromatic N) is 2. The summed E-state index contributed by atoms with van der Waals surface area (Å²) in [7, 11) is 0. The van der Waals surface area contributed by atoms with E-state index in [9.17, 15) is 10.1 Å². The third-order valence-electron chi connectivity index (χ3n) is 2.43. The Morgan fingerprint density at radius 3 is 2.39 bits per heavy atom. The van der Waals surface area contributed by atoms with Crippen molar-refractivity contribution in [2.24, 2.45) is 0 Å². The van der Waals surface area contributed by atoms with E-state index < -0.39 is 9.76 Å². The molecule has 4 nitrogen and oxygen atoms in total. The van der Waals surface area contributed by atoms with Gasteiger partial charge in [-0.25, -0.2) is 0 Å². The monoisotopic (exact) mass is 282 g/mol. The molecule has 18 heavy (non-hydrogen) atoms. The molecule has 0 saturated carbocycles. The molecule has 1 aromatic carbocycles. The van der Waals surface area contributed by atoms with E-state index in [0.717, 1.165) is 5.56 Å². The number of nitro groups is 1. The molecule has 92 valence electrons. The number of rotatable bonds is 3. The van der Waals surface area contributed by atoms with Crippen LogP contribution in [0, 0.1) is 10.1 Å². The highest BCUT2D eigenvalue weighted by Crippen LogP contribution is 2.37.